The third kappa shape index (κ3) is 4.87. The topological polar surface area (TPSA) is 86.5 Å². The second-order valence-corrected chi connectivity index (χ2v) is 3.89. The van der Waals surface area contributed by atoms with Crippen LogP contribution in [0.5, 0.6) is 0 Å². The van der Waals surface area contributed by atoms with Gasteiger partial charge in [-0.05, 0) is 13.3 Å². The first-order valence-corrected chi connectivity index (χ1v) is 5.98. The molecule has 0 heterocycles. The standard InChI is InChI=1S/C13H15NO5/c1-2-19-13(16)8-4-7-12(15)10-5-3-6-11(9-10)14(17)18/h3,5-6,9H,2,4,7-8H2,1H3. The fourth-order valence-corrected chi connectivity index (χ4v) is 1.56. The molecule has 0 bridgehead atoms. The number of esters is 1. The molecule has 0 aliphatic heterocycles. The second kappa shape index (κ2) is 7.25. The molecule has 0 spiro atoms. The average molecular weight is 265 g/mol. The number of rotatable bonds is 7. The van der Waals surface area contributed by atoms with Crippen LogP contribution >= 0.6 is 0 Å². The summed E-state index contributed by atoms with van der Waals surface area (Å²) in [5.74, 6) is -0.553. The van der Waals surface area contributed by atoms with Gasteiger partial charge in [0.2, 0.25) is 0 Å². The van der Waals surface area contributed by atoms with E-state index < -0.39 is 4.92 Å². The van der Waals surface area contributed by atoms with Crippen molar-refractivity contribution in [1.82, 2.24) is 0 Å². The lowest BCUT2D eigenvalue weighted by atomic mass is 10.1. The van der Waals surface area contributed by atoms with Gasteiger partial charge in [-0.3, -0.25) is 19.7 Å². The predicted molar refractivity (Wildman–Crippen MR) is 67.9 cm³/mol. The number of benzene rings is 1. The van der Waals surface area contributed by atoms with E-state index in [2.05, 4.69) is 0 Å². The normalized spacial score (nSPS) is 9.95. The lowest BCUT2D eigenvalue weighted by Gasteiger charge is -2.02. The molecule has 0 unspecified atom stereocenters. The maximum Gasteiger partial charge on any atom is 0.305 e. The summed E-state index contributed by atoms with van der Waals surface area (Å²) in [4.78, 5) is 32.9. The summed E-state index contributed by atoms with van der Waals surface area (Å²) in [7, 11) is 0. The van der Waals surface area contributed by atoms with E-state index in [0.29, 0.717) is 13.0 Å². The van der Waals surface area contributed by atoms with Crippen molar-refractivity contribution in [3.8, 4) is 0 Å². The monoisotopic (exact) mass is 265 g/mol. The van der Waals surface area contributed by atoms with Gasteiger partial charge in [-0.2, -0.15) is 0 Å². The Balaban J connectivity index is 2.52. The number of nitro benzene ring substituents is 1. The Bertz CT molecular complexity index is 484. The molecular weight excluding hydrogens is 250 g/mol. The van der Waals surface area contributed by atoms with Crippen molar-refractivity contribution >= 4 is 17.4 Å². The molecule has 102 valence electrons. The van der Waals surface area contributed by atoms with Gasteiger partial charge in [-0.1, -0.05) is 12.1 Å². The van der Waals surface area contributed by atoms with Crippen LogP contribution in [0.1, 0.15) is 36.5 Å². The molecule has 0 radical (unpaired) electrons. The van der Waals surface area contributed by atoms with Crippen LogP contribution in [-0.2, 0) is 9.53 Å². The number of hydrogen-bond donors (Lipinski definition) is 0. The molecular formula is C13H15NO5. The zero-order valence-electron chi connectivity index (χ0n) is 10.6. The van der Waals surface area contributed by atoms with Gasteiger partial charge in [0, 0.05) is 30.5 Å². The molecule has 19 heavy (non-hydrogen) atoms. The molecule has 0 aromatic heterocycles. The highest BCUT2D eigenvalue weighted by Crippen LogP contribution is 2.15. The Kier molecular flexibility index (Phi) is 5.66. The van der Waals surface area contributed by atoms with E-state index in [4.69, 9.17) is 4.74 Å². The highest BCUT2D eigenvalue weighted by molar-refractivity contribution is 5.96. The molecule has 0 saturated carbocycles. The van der Waals surface area contributed by atoms with Gasteiger partial charge in [0.1, 0.15) is 0 Å². The van der Waals surface area contributed by atoms with Crippen molar-refractivity contribution in [3.05, 3.63) is 39.9 Å². The number of ether oxygens (including phenoxy) is 1. The minimum absolute atomic E-state index is 0.115. The first-order chi connectivity index (χ1) is 9.04. The SMILES string of the molecule is CCOC(=O)CCCC(=O)c1cccc([N+](=O)[O-])c1. The number of carbonyl (C=O) groups excluding carboxylic acids is 2. The zero-order valence-corrected chi connectivity index (χ0v) is 10.6. The first-order valence-electron chi connectivity index (χ1n) is 5.98. The van der Waals surface area contributed by atoms with E-state index in [-0.39, 0.29) is 35.8 Å². The van der Waals surface area contributed by atoms with Crippen molar-refractivity contribution in [2.75, 3.05) is 6.61 Å². The van der Waals surface area contributed by atoms with Gasteiger partial charge in [-0.25, -0.2) is 0 Å². The molecule has 1 rings (SSSR count). The van der Waals surface area contributed by atoms with Crippen molar-refractivity contribution in [2.45, 2.75) is 26.2 Å². The maximum absolute atomic E-state index is 11.8. The van der Waals surface area contributed by atoms with Crippen molar-refractivity contribution in [1.29, 1.82) is 0 Å². The number of nitrogens with zero attached hydrogens (tertiary/aromatic N) is 1. The first kappa shape index (κ1) is 14.8. The highest BCUT2D eigenvalue weighted by atomic mass is 16.6. The summed E-state index contributed by atoms with van der Waals surface area (Å²) < 4.78 is 4.74. The average Bonchev–Trinajstić information content (AvgIpc) is 2.39. The summed E-state index contributed by atoms with van der Waals surface area (Å²) in [5.41, 5.74) is 0.175. The van der Waals surface area contributed by atoms with Gasteiger partial charge in [0.05, 0.1) is 11.5 Å². The van der Waals surface area contributed by atoms with Crippen LogP contribution in [0.15, 0.2) is 24.3 Å². The van der Waals surface area contributed by atoms with Crippen LogP contribution in [-0.4, -0.2) is 23.3 Å². The van der Waals surface area contributed by atoms with E-state index in [0.717, 1.165) is 0 Å². The molecule has 0 amide bonds. The molecule has 0 N–H and O–H groups in total. The quantitative estimate of drug-likeness (QED) is 0.327. The van der Waals surface area contributed by atoms with Crippen LogP contribution in [0.3, 0.4) is 0 Å². The number of carbonyl (C=O) groups is 2. The zero-order chi connectivity index (χ0) is 14.3. The highest BCUT2D eigenvalue weighted by Gasteiger charge is 2.12. The van der Waals surface area contributed by atoms with Crippen LogP contribution in [0.4, 0.5) is 5.69 Å². The van der Waals surface area contributed by atoms with Crippen molar-refractivity contribution in [2.24, 2.45) is 0 Å². The van der Waals surface area contributed by atoms with Gasteiger partial charge in [0.25, 0.3) is 5.69 Å². The molecule has 0 aliphatic rings. The molecule has 1 aromatic rings. The van der Waals surface area contributed by atoms with Crippen molar-refractivity contribution in [3.63, 3.8) is 0 Å². The molecule has 6 nitrogen and oxygen atoms in total. The summed E-state index contributed by atoms with van der Waals surface area (Å²) >= 11 is 0. The summed E-state index contributed by atoms with van der Waals surface area (Å²) in [6, 6.07) is 5.57. The molecule has 0 fully saturated rings. The second-order valence-electron chi connectivity index (χ2n) is 3.89. The van der Waals surface area contributed by atoms with E-state index in [1.165, 1.54) is 24.3 Å². The van der Waals surface area contributed by atoms with Crippen LogP contribution in [0.2, 0.25) is 0 Å². The molecule has 6 heteroatoms. The summed E-state index contributed by atoms with van der Waals surface area (Å²) in [5, 5.41) is 10.6. The van der Waals surface area contributed by atoms with Gasteiger partial charge < -0.3 is 4.74 Å². The summed E-state index contributed by atoms with van der Waals surface area (Å²) in [6.07, 6.45) is 0.717. The number of nitro groups is 1. The number of ketones is 1. The summed E-state index contributed by atoms with van der Waals surface area (Å²) in [6.45, 7) is 2.03. The lowest BCUT2D eigenvalue weighted by molar-refractivity contribution is -0.384. The third-order valence-electron chi connectivity index (χ3n) is 2.47. The van der Waals surface area contributed by atoms with Crippen LogP contribution in [0.25, 0.3) is 0 Å². The van der Waals surface area contributed by atoms with E-state index >= 15 is 0 Å². The number of Topliss-reactive ketones (excluding diaryl/α,β-unsaturated/α-hetero) is 1. The van der Waals surface area contributed by atoms with Crippen molar-refractivity contribution < 1.29 is 19.2 Å². The Morgan fingerprint density at radius 2 is 2.05 bits per heavy atom. The lowest BCUT2D eigenvalue weighted by Crippen LogP contribution is -2.06. The molecule has 0 atom stereocenters. The van der Waals surface area contributed by atoms with E-state index in [1.54, 1.807) is 6.92 Å². The molecule has 1 aromatic carbocycles. The Morgan fingerprint density at radius 1 is 1.32 bits per heavy atom. The predicted octanol–water partition coefficient (Wildman–Crippen LogP) is 2.51. The van der Waals surface area contributed by atoms with Gasteiger partial charge in [0.15, 0.2) is 5.78 Å². The van der Waals surface area contributed by atoms with Gasteiger partial charge >= 0.3 is 5.97 Å². The number of non-ortho nitro benzene ring substituents is 1. The molecule has 0 aliphatic carbocycles. The van der Waals surface area contributed by atoms with E-state index in [9.17, 15) is 19.7 Å². The molecule has 0 saturated heterocycles. The van der Waals surface area contributed by atoms with E-state index in [1.807, 2.05) is 0 Å². The van der Waals surface area contributed by atoms with Crippen LogP contribution < -0.4 is 0 Å². The van der Waals surface area contributed by atoms with Gasteiger partial charge in [-0.15, -0.1) is 0 Å². The number of hydrogen-bond acceptors (Lipinski definition) is 5. The third-order valence-corrected chi connectivity index (χ3v) is 2.47. The Hall–Kier alpha value is -2.24. The largest absolute Gasteiger partial charge is 0.466 e. The maximum atomic E-state index is 11.8. The Morgan fingerprint density at radius 3 is 2.68 bits per heavy atom. The minimum Gasteiger partial charge on any atom is -0.466 e. The fraction of sp³-hybridized carbons (Fsp3) is 0.385. The minimum atomic E-state index is -0.546. The Labute approximate surface area is 110 Å². The smallest absolute Gasteiger partial charge is 0.305 e. The van der Waals surface area contributed by atoms with Crippen LogP contribution in [0, 0.1) is 10.1 Å². The fourth-order valence-electron chi connectivity index (χ4n) is 1.56.